The smallest absolute Gasteiger partial charge is 0.274 e. The highest BCUT2D eigenvalue weighted by molar-refractivity contribution is 5.80. The van der Waals surface area contributed by atoms with Gasteiger partial charge >= 0.3 is 0 Å². The van der Waals surface area contributed by atoms with Gasteiger partial charge in [0.15, 0.2) is 0 Å². The fraction of sp³-hybridized carbons (Fsp3) is 0.0588. The minimum absolute atomic E-state index is 0.179. The number of benzene rings is 2. The number of nitrogens with one attached hydrogen (secondary N) is 2. The molecule has 0 bridgehead atoms. The maximum atomic E-state index is 11.4. The number of aromatic amines is 1. The topological polar surface area (TPSA) is 92.3 Å². The van der Waals surface area contributed by atoms with Crippen molar-refractivity contribution >= 4 is 12.2 Å². The van der Waals surface area contributed by atoms with E-state index in [2.05, 4.69) is 25.7 Å². The quantitative estimate of drug-likeness (QED) is 0.557. The van der Waals surface area contributed by atoms with Gasteiger partial charge in [-0.15, -0.1) is 10.2 Å². The van der Waals surface area contributed by atoms with Gasteiger partial charge in [0.1, 0.15) is 17.2 Å². The molecule has 1 aromatic heterocycles. The lowest BCUT2D eigenvalue weighted by Gasteiger charge is -2.05. The molecule has 3 rings (SSSR count). The molecule has 7 heteroatoms. The van der Waals surface area contributed by atoms with E-state index in [0.717, 1.165) is 11.3 Å². The van der Waals surface area contributed by atoms with Crippen molar-refractivity contribution in [1.29, 1.82) is 0 Å². The van der Waals surface area contributed by atoms with E-state index < -0.39 is 0 Å². The standard InChI is InChI=1S/C17H15N5O2/c1-12-16(23)19-17(22-20-12)21-18-11-13-6-5-9-15(10-13)24-14-7-3-2-4-8-14/h2-11H,1H3,(H2,19,21,22,23). The van der Waals surface area contributed by atoms with Gasteiger partial charge in [-0.25, -0.2) is 5.43 Å². The van der Waals surface area contributed by atoms with E-state index >= 15 is 0 Å². The van der Waals surface area contributed by atoms with Crippen LogP contribution in [-0.2, 0) is 0 Å². The number of nitrogens with zero attached hydrogens (tertiary/aromatic N) is 3. The van der Waals surface area contributed by atoms with Crippen molar-refractivity contribution in [3.05, 3.63) is 76.2 Å². The molecule has 3 aromatic rings. The first-order valence-electron chi connectivity index (χ1n) is 7.26. The lowest BCUT2D eigenvalue weighted by Crippen LogP contribution is -2.15. The molecule has 24 heavy (non-hydrogen) atoms. The molecule has 0 amide bonds. The number of anilines is 1. The van der Waals surface area contributed by atoms with Crippen LogP contribution >= 0.6 is 0 Å². The molecular weight excluding hydrogens is 306 g/mol. The molecule has 0 aliphatic carbocycles. The molecule has 1 heterocycles. The number of hydrogen-bond acceptors (Lipinski definition) is 6. The van der Waals surface area contributed by atoms with Crippen molar-refractivity contribution in [2.45, 2.75) is 6.92 Å². The minimum atomic E-state index is -0.305. The van der Waals surface area contributed by atoms with Crippen LogP contribution in [0.15, 0.2) is 64.5 Å². The van der Waals surface area contributed by atoms with Gasteiger partial charge in [-0.05, 0) is 36.8 Å². The molecule has 0 radical (unpaired) electrons. The van der Waals surface area contributed by atoms with Gasteiger partial charge in [-0.2, -0.15) is 5.10 Å². The summed E-state index contributed by atoms with van der Waals surface area (Å²) < 4.78 is 5.76. The summed E-state index contributed by atoms with van der Waals surface area (Å²) in [4.78, 5) is 14.0. The van der Waals surface area contributed by atoms with E-state index in [1.54, 1.807) is 13.1 Å². The highest BCUT2D eigenvalue weighted by Crippen LogP contribution is 2.21. The van der Waals surface area contributed by atoms with Crippen LogP contribution in [-0.4, -0.2) is 21.4 Å². The summed E-state index contributed by atoms with van der Waals surface area (Å²) in [5, 5.41) is 11.5. The molecule has 0 aliphatic heterocycles. The van der Waals surface area contributed by atoms with Crippen LogP contribution in [0, 0.1) is 6.92 Å². The number of para-hydroxylation sites is 1. The zero-order valence-electron chi connectivity index (χ0n) is 12.9. The van der Waals surface area contributed by atoms with Gasteiger partial charge in [-0.1, -0.05) is 30.3 Å². The Morgan fingerprint density at radius 1 is 1.08 bits per heavy atom. The number of hydrazone groups is 1. The Bertz CT molecular complexity index is 906. The number of ether oxygens (including phenoxy) is 1. The lowest BCUT2D eigenvalue weighted by molar-refractivity contribution is 0.482. The monoisotopic (exact) mass is 321 g/mol. The van der Waals surface area contributed by atoms with Crippen molar-refractivity contribution in [2.24, 2.45) is 5.10 Å². The lowest BCUT2D eigenvalue weighted by atomic mass is 10.2. The number of hydrogen-bond donors (Lipinski definition) is 2. The van der Waals surface area contributed by atoms with Crippen molar-refractivity contribution in [3.8, 4) is 11.5 Å². The normalized spacial score (nSPS) is 10.7. The zero-order chi connectivity index (χ0) is 16.8. The van der Waals surface area contributed by atoms with Crippen LogP contribution in [0.5, 0.6) is 11.5 Å². The largest absolute Gasteiger partial charge is 0.457 e. The van der Waals surface area contributed by atoms with E-state index in [1.165, 1.54) is 0 Å². The van der Waals surface area contributed by atoms with Crippen molar-refractivity contribution in [1.82, 2.24) is 15.2 Å². The Morgan fingerprint density at radius 2 is 1.88 bits per heavy atom. The molecule has 0 saturated carbocycles. The molecule has 0 saturated heterocycles. The summed E-state index contributed by atoms with van der Waals surface area (Å²) in [6, 6.07) is 17.0. The summed E-state index contributed by atoms with van der Waals surface area (Å²) >= 11 is 0. The molecule has 0 aliphatic rings. The van der Waals surface area contributed by atoms with Crippen LogP contribution in [0.3, 0.4) is 0 Å². The third kappa shape index (κ3) is 4.04. The Morgan fingerprint density at radius 3 is 2.67 bits per heavy atom. The van der Waals surface area contributed by atoms with E-state index in [9.17, 15) is 4.79 Å². The first kappa shape index (κ1) is 15.4. The maximum Gasteiger partial charge on any atom is 0.274 e. The molecule has 0 fully saturated rings. The van der Waals surface area contributed by atoms with Gasteiger partial charge in [0.2, 0.25) is 5.95 Å². The van der Waals surface area contributed by atoms with Crippen LogP contribution in [0.4, 0.5) is 5.95 Å². The summed E-state index contributed by atoms with van der Waals surface area (Å²) in [7, 11) is 0. The highest BCUT2D eigenvalue weighted by atomic mass is 16.5. The molecule has 120 valence electrons. The van der Waals surface area contributed by atoms with Crippen LogP contribution in [0.1, 0.15) is 11.3 Å². The van der Waals surface area contributed by atoms with Gasteiger partial charge in [-0.3, -0.25) is 9.78 Å². The average molecular weight is 321 g/mol. The summed E-state index contributed by atoms with van der Waals surface area (Å²) in [6.07, 6.45) is 1.59. The fourth-order valence-electron chi connectivity index (χ4n) is 1.89. The number of H-pyrrole nitrogens is 1. The van der Waals surface area contributed by atoms with Gasteiger partial charge in [0.25, 0.3) is 5.56 Å². The van der Waals surface area contributed by atoms with Crippen LogP contribution in [0.2, 0.25) is 0 Å². The van der Waals surface area contributed by atoms with Gasteiger partial charge < -0.3 is 4.74 Å². The van der Waals surface area contributed by atoms with Gasteiger partial charge in [0, 0.05) is 0 Å². The van der Waals surface area contributed by atoms with E-state index in [-0.39, 0.29) is 11.5 Å². The minimum Gasteiger partial charge on any atom is -0.457 e. The second-order valence-corrected chi connectivity index (χ2v) is 4.95. The predicted octanol–water partition coefficient (Wildman–Crippen LogP) is 2.71. The Hall–Kier alpha value is -3.48. The molecule has 2 aromatic carbocycles. The second kappa shape index (κ2) is 7.19. The third-order valence-electron chi connectivity index (χ3n) is 3.08. The molecule has 7 nitrogen and oxygen atoms in total. The fourth-order valence-corrected chi connectivity index (χ4v) is 1.89. The van der Waals surface area contributed by atoms with Gasteiger partial charge in [0.05, 0.1) is 6.21 Å². The summed E-state index contributed by atoms with van der Waals surface area (Å²) in [5.74, 6) is 1.64. The van der Waals surface area contributed by atoms with Crippen molar-refractivity contribution in [3.63, 3.8) is 0 Å². The SMILES string of the molecule is Cc1nnc(NN=Cc2cccc(Oc3ccccc3)c2)[nH]c1=O. The molecule has 0 unspecified atom stereocenters. The molecule has 0 spiro atoms. The Kier molecular flexibility index (Phi) is 4.62. The third-order valence-corrected chi connectivity index (χ3v) is 3.08. The molecular formula is C17H15N5O2. The molecule has 0 atom stereocenters. The summed E-state index contributed by atoms with van der Waals surface area (Å²) in [5.41, 5.74) is 3.46. The first-order chi connectivity index (χ1) is 11.7. The van der Waals surface area contributed by atoms with Crippen LogP contribution < -0.4 is 15.7 Å². The Balaban J connectivity index is 1.67. The van der Waals surface area contributed by atoms with Crippen molar-refractivity contribution < 1.29 is 4.74 Å². The van der Waals surface area contributed by atoms with E-state index in [4.69, 9.17) is 4.74 Å². The Labute approximate surface area is 138 Å². The predicted molar refractivity (Wildman–Crippen MR) is 91.6 cm³/mol. The van der Waals surface area contributed by atoms with Crippen LogP contribution in [0.25, 0.3) is 0 Å². The molecule has 2 N–H and O–H groups in total. The number of rotatable bonds is 5. The number of aryl methyl sites for hydroxylation is 1. The average Bonchev–Trinajstić information content (AvgIpc) is 2.59. The first-order valence-corrected chi connectivity index (χ1v) is 7.26. The van der Waals surface area contributed by atoms with E-state index in [1.807, 2.05) is 54.6 Å². The summed E-state index contributed by atoms with van der Waals surface area (Å²) in [6.45, 7) is 1.58. The van der Waals surface area contributed by atoms with E-state index in [0.29, 0.717) is 11.4 Å². The zero-order valence-corrected chi connectivity index (χ0v) is 12.9. The highest BCUT2D eigenvalue weighted by Gasteiger charge is 1.99. The maximum absolute atomic E-state index is 11.4. The van der Waals surface area contributed by atoms with Crippen molar-refractivity contribution in [2.75, 3.05) is 5.43 Å². The second-order valence-electron chi connectivity index (χ2n) is 4.95. The number of aromatic nitrogens is 3.